The number of benzene rings is 1. The molecule has 0 aliphatic carbocycles. The Morgan fingerprint density at radius 3 is 2.37 bits per heavy atom. The lowest BCUT2D eigenvalue weighted by Crippen LogP contribution is -2.30. The summed E-state index contributed by atoms with van der Waals surface area (Å²) in [6, 6.07) is 2.75. The van der Waals surface area contributed by atoms with E-state index in [0.29, 0.717) is 13.1 Å². The van der Waals surface area contributed by atoms with Crippen LogP contribution in [0.5, 0.6) is 5.75 Å². The van der Waals surface area contributed by atoms with E-state index >= 15 is 0 Å². The van der Waals surface area contributed by atoms with Gasteiger partial charge in [0, 0.05) is 13.1 Å². The second-order valence-corrected chi connectivity index (χ2v) is 5.62. The summed E-state index contributed by atoms with van der Waals surface area (Å²) in [4.78, 5) is 2.84. The van der Waals surface area contributed by atoms with Gasteiger partial charge in [-0.25, -0.2) is 8.42 Å². The molecule has 0 heterocycles. The Morgan fingerprint density at radius 1 is 1.37 bits per heavy atom. The van der Waals surface area contributed by atoms with Gasteiger partial charge >= 0.3 is 5.69 Å². The maximum atomic E-state index is 12.4. The topological polar surface area (TPSA) is 101 Å². The molecule has 0 atom stereocenters. The first-order valence-corrected chi connectivity index (χ1v) is 7.19. The summed E-state index contributed by atoms with van der Waals surface area (Å²) >= 11 is 0. The van der Waals surface area contributed by atoms with Crippen molar-refractivity contribution >= 4 is 21.4 Å². The number of nitrogens with zero attached hydrogens (tertiary/aromatic N) is 3. The molecule has 0 amide bonds. The third-order valence-corrected chi connectivity index (χ3v) is 4.86. The third kappa shape index (κ3) is 2.62. The van der Waals surface area contributed by atoms with E-state index in [1.54, 1.807) is 13.8 Å². The summed E-state index contributed by atoms with van der Waals surface area (Å²) in [6.07, 6.45) is 0. The Bertz CT molecular complexity index is 603. The number of hydrogen-bond acceptors (Lipinski definition) is 5. The Balaban J connectivity index is 3.53. The van der Waals surface area contributed by atoms with Gasteiger partial charge < -0.3 is 10.5 Å². The SMILES string of the molecule is CCN(CC)S(=O)(=O)c1ccc(OC)c(N)c1[N+]#N. The van der Waals surface area contributed by atoms with Gasteiger partial charge in [-0.3, -0.25) is 0 Å². The molecule has 8 heteroatoms. The minimum Gasteiger partial charge on any atom is -0.494 e. The van der Waals surface area contributed by atoms with E-state index in [2.05, 4.69) is 4.98 Å². The smallest absolute Gasteiger partial charge is 0.431 e. The minimum absolute atomic E-state index is 0.0155. The number of hydrogen-bond donors (Lipinski definition) is 1. The molecule has 0 aromatic heterocycles. The first-order valence-electron chi connectivity index (χ1n) is 5.75. The number of sulfonamides is 1. The maximum Gasteiger partial charge on any atom is 0.431 e. The van der Waals surface area contributed by atoms with Crippen LogP contribution in [0.4, 0.5) is 11.4 Å². The fourth-order valence-corrected chi connectivity index (χ4v) is 3.35. The second-order valence-electron chi connectivity index (χ2n) is 3.72. The zero-order chi connectivity index (χ0) is 14.6. The molecule has 1 aromatic rings. The molecule has 1 rings (SSSR count). The minimum atomic E-state index is -3.75. The number of anilines is 1. The Hall–Kier alpha value is -1.85. The number of methoxy groups -OCH3 is 1. The number of diazo groups is 1. The predicted octanol–water partition coefficient (Wildman–Crippen LogP) is 1.79. The van der Waals surface area contributed by atoms with E-state index < -0.39 is 10.0 Å². The van der Waals surface area contributed by atoms with Crippen molar-refractivity contribution in [3.8, 4) is 5.75 Å². The summed E-state index contributed by atoms with van der Waals surface area (Å²) < 4.78 is 31.0. The molecule has 0 aliphatic rings. The zero-order valence-electron chi connectivity index (χ0n) is 11.1. The summed E-state index contributed by atoms with van der Waals surface area (Å²) in [5.74, 6) is 0.256. The fourth-order valence-electron chi connectivity index (χ4n) is 1.76. The molecule has 0 saturated carbocycles. The van der Waals surface area contributed by atoms with Gasteiger partial charge in [0.2, 0.25) is 5.39 Å². The van der Waals surface area contributed by atoms with E-state index in [-0.39, 0.29) is 22.0 Å². The molecular formula is C11H17N4O3S+. The van der Waals surface area contributed by atoms with Gasteiger partial charge in [-0.1, -0.05) is 13.8 Å². The molecule has 0 radical (unpaired) electrons. The highest BCUT2D eigenvalue weighted by Gasteiger charge is 2.34. The van der Waals surface area contributed by atoms with Crippen LogP contribution in [0.1, 0.15) is 13.8 Å². The van der Waals surface area contributed by atoms with E-state index in [1.807, 2.05) is 0 Å². The Morgan fingerprint density at radius 2 is 1.95 bits per heavy atom. The lowest BCUT2D eigenvalue weighted by molar-refractivity contribution is 0.416. The van der Waals surface area contributed by atoms with Crippen LogP contribution in [-0.2, 0) is 10.0 Å². The van der Waals surface area contributed by atoms with Gasteiger partial charge in [-0.15, -0.1) is 0 Å². The summed E-state index contributed by atoms with van der Waals surface area (Å²) in [5, 5.41) is 9.02. The van der Waals surface area contributed by atoms with Gasteiger partial charge in [0.1, 0.15) is 5.75 Å². The highest BCUT2D eigenvalue weighted by molar-refractivity contribution is 7.89. The normalized spacial score (nSPS) is 11.3. The highest BCUT2D eigenvalue weighted by atomic mass is 32.2. The summed E-state index contributed by atoms with van der Waals surface area (Å²) in [6.45, 7) is 4.08. The Labute approximate surface area is 112 Å². The lowest BCUT2D eigenvalue weighted by atomic mass is 10.2. The van der Waals surface area contributed by atoms with Crippen LogP contribution in [0.25, 0.3) is 4.98 Å². The third-order valence-electron chi connectivity index (χ3n) is 2.78. The van der Waals surface area contributed by atoms with Crippen LogP contribution in [-0.4, -0.2) is 32.9 Å². The average molecular weight is 285 g/mol. The number of nitrogen functional groups attached to an aromatic ring is 1. The van der Waals surface area contributed by atoms with Crippen LogP contribution < -0.4 is 10.5 Å². The largest absolute Gasteiger partial charge is 0.494 e. The van der Waals surface area contributed by atoms with Crippen molar-refractivity contribution < 1.29 is 13.2 Å². The molecule has 0 unspecified atom stereocenters. The van der Waals surface area contributed by atoms with Crippen molar-refractivity contribution in [1.82, 2.24) is 4.31 Å². The molecular weight excluding hydrogens is 268 g/mol. The molecule has 2 N–H and O–H groups in total. The molecule has 0 aliphatic heterocycles. The van der Waals surface area contributed by atoms with Crippen molar-refractivity contribution in [3.05, 3.63) is 17.1 Å². The van der Waals surface area contributed by atoms with Crippen molar-refractivity contribution in [2.24, 2.45) is 0 Å². The van der Waals surface area contributed by atoms with Crippen molar-refractivity contribution in [2.75, 3.05) is 25.9 Å². The van der Waals surface area contributed by atoms with Crippen LogP contribution in [0, 0.1) is 5.39 Å². The van der Waals surface area contributed by atoms with Crippen molar-refractivity contribution in [2.45, 2.75) is 18.7 Å². The highest BCUT2D eigenvalue weighted by Crippen LogP contribution is 2.38. The molecule has 0 spiro atoms. The van der Waals surface area contributed by atoms with E-state index in [4.69, 9.17) is 15.9 Å². The number of rotatable bonds is 5. The molecule has 19 heavy (non-hydrogen) atoms. The fraction of sp³-hybridized carbons (Fsp3) is 0.455. The predicted molar refractivity (Wildman–Crippen MR) is 72.3 cm³/mol. The molecule has 0 bridgehead atoms. The molecule has 7 nitrogen and oxygen atoms in total. The first-order chi connectivity index (χ1) is 8.93. The van der Waals surface area contributed by atoms with Crippen molar-refractivity contribution in [1.29, 1.82) is 5.39 Å². The molecule has 1 aromatic carbocycles. The van der Waals surface area contributed by atoms with Crippen LogP contribution in [0.15, 0.2) is 17.0 Å². The summed E-state index contributed by atoms with van der Waals surface area (Å²) in [5.41, 5.74) is 5.51. The monoisotopic (exact) mass is 285 g/mol. The van der Waals surface area contributed by atoms with E-state index in [0.717, 1.165) is 0 Å². The van der Waals surface area contributed by atoms with Gasteiger partial charge in [-0.05, 0) is 12.1 Å². The van der Waals surface area contributed by atoms with Crippen LogP contribution >= 0.6 is 0 Å². The standard InChI is InChI=1S/C11H17N4O3S/c1-4-15(5-2)19(16,17)9-7-6-8(18-3)10(12)11(9)14-13/h6-7H,4-5,12H2,1-3H3/q+1. The van der Waals surface area contributed by atoms with Crippen LogP contribution in [0.3, 0.4) is 0 Å². The van der Waals surface area contributed by atoms with Crippen LogP contribution in [0.2, 0.25) is 0 Å². The van der Waals surface area contributed by atoms with Gasteiger partial charge in [0.05, 0.1) is 7.11 Å². The second kappa shape index (κ2) is 5.86. The van der Waals surface area contributed by atoms with Gasteiger partial charge in [0.25, 0.3) is 10.0 Å². The van der Waals surface area contributed by atoms with Crippen molar-refractivity contribution in [3.63, 3.8) is 0 Å². The van der Waals surface area contributed by atoms with E-state index in [9.17, 15) is 8.42 Å². The number of nitrogens with two attached hydrogens (primary N) is 1. The Kier molecular flexibility index (Phi) is 4.69. The first kappa shape index (κ1) is 15.2. The molecule has 0 saturated heterocycles. The quantitative estimate of drug-likeness (QED) is 0.656. The molecule has 104 valence electrons. The maximum absolute atomic E-state index is 12.4. The zero-order valence-corrected chi connectivity index (χ0v) is 11.9. The average Bonchev–Trinajstić information content (AvgIpc) is 2.39. The van der Waals surface area contributed by atoms with Gasteiger partial charge in [-0.2, -0.15) is 4.31 Å². The molecule has 0 fully saturated rings. The summed E-state index contributed by atoms with van der Waals surface area (Å²) in [7, 11) is -2.35. The number of ether oxygens (including phenoxy) is 1. The lowest BCUT2D eigenvalue weighted by Gasteiger charge is -2.17. The van der Waals surface area contributed by atoms with E-state index in [1.165, 1.54) is 23.5 Å². The van der Waals surface area contributed by atoms with Gasteiger partial charge in [0.15, 0.2) is 15.6 Å².